The summed E-state index contributed by atoms with van der Waals surface area (Å²) in [4.78, 5) is 0. The van der Waals surface area contributed by atoms with Crippen LogP contribution in [0, 0.1) is 18.6 Å². The SMILES string of the molecule is Cc1cccc(Oc2cccc(F)c2[C@H](C)O)c1F. The topological polar surface area (TPSA) is 29.5 Å². The van der Waals surface area contributed by atoms with Gasteiger partial charge in [0, 0.05) is 0 Å². The van der Waals surface area contributed by atoms with E-state index in [1.165, 1.54) is 31.2 Å². The monoisotopic (exact) mass is 264 g/mol. The Labute approximate surface area is 110 Å². The first-order chi connectivity index (χ1) is 9.00. The number of benzene rings is 2. The minimum atomic E-state index is -1.04. The molecule has 1 N–H and O–H groups in total. The van der Waals surface area contributed by atoms with Gasteiger partial charge in [0.15, 0.2) is 11.6 Å². The highest BCUT2D eigenvalue weighted by molar-refractivity contribution is 5.41. The zero-order valence-electron chi connectivity index (χ0n) is 10.7. The van der Waals surface area contributed by atoms with Gasteiger partial charge < -0.3 is 9.84 Å². The van der Waals surface area contributed by atoms with Crippen molar-refractivity contribution in [3.8, 4) is 11.5 Å². The predicted octanol–water partition coefficient (Wildman–Crippen LogP) is 4.12. The van der Waals surface area contributed by atoms with Crippen LogP contribution in [0.1, 0.15) is 24.2 Å². The molecule has 0 saturated carbocycles. The zero-order chi connectivity index (χ0) is 14.0. The first-order valence-corrected chi connectivity index (χ1v) is 5.90. The second-order valence-electron chi connectivity index (χ2n) is 4.32. The summed E-state index contributed by atoms with van der Waals surface area (Å²) < 4.78 is 32.9. The van der Waals surface area contributed by atoms with E-state index < -0.39 is 17.7 Å². The number of aliphatic hydroxyl groups excluding tert-OH is 1. The molecule has 1 atom stereocenters. The molecule has 0 spiro atoms. The molecular formula is C15H14F2O2. The summed E-state index contributed by atoms with van der Waals surface area (Å²) >= 11 is 0. The van der Waals surface area contributed by atoms with E-state index in [4.69, 9.17) is 4.74 Å². The summed E-state index contributed by atoms with van der Waals surface area (Å²) in [5.41, 5.74) is 0.455. The van der Waals surface area contributed by atoms with Gasteiger partial charge in [0.05, 0.1) is 11.7 Å². The Morgan fingerprint density at radius 3 is 2.37 bits per heavy atom. The van der Waals surface area contributed by atoms with Gasteiger partial charge in [0.1, 0.15) is 11.6 Å². The summed E-state index contributed by atoms with van der Waals surface area (Å²) in [7, 11) is 0. The lowest BCUT2D eigenvalue weighted by molar-refractivity contribution is 0.190. The quantitative estimate of drug-likeness (QED) is 0.903. The van der Waals surface area contributed by atoms with Crippen LogP contribution >= 0.6 is 0 Å². The minimum absolute atomic E-state index is 0.00694. The molecule has 2 rings (SSSR count). The molecule has 0 amide bonds. The maximum Gasteiger partial charge on any atom is 0.168 e. The molecule has 2 aromatic carbocycles. The van der Waals surface area contributed by atoms with E-state index in [1.807, 2.05) is 0 Å². The van der Waals surface area contributed by atoms with Gasteiger partial charge in [0.25, 0.3) is 0 Å². The van der Waals surface area contributed by atoms with E-state index >= 15 is 0 Å². The fourth-order valence-corrected chi connectivity index (χ4v) is 1.83. The lowest BCUT2D eigenvalue weighted by Gasteiger charge is -2.14. The number of rotatable bonds is 3. The predicted molar refractivity (Wildman–Crippen MR) is 68.2 cm³/mol. The van der Waals surface area contributed by atoms with Crippen LogP contribution in [0.3, 0.4) is 0 Å². The standard InChI is InChI=1S/C15H14F2O2/c1-9-5-3-8-13(15(9)17)19-12-7-4-6-11(16)14(12)10(2)18/h3-8,10,18H,1-2H3/t10-/m0/s1. The maximum absolute atomic E-state index is 13.8. The Hall–Kier alpha value is -1.94. The first kappa shape index (κ1) is 13.5. The van der Waals surface area contributed by atoms with Crippen molar-refractivity contribution in [3.63, 3.8) is 0 Å². The fourth-order valence-electron chi connectivity index (χ4n) is 1.83. The lowest BCUT2D eigenvalue weighted by atomic mass is 10.1. The van der Waals surface area contributed by atoms with Gasteiger partial charge in [0.2, 0.25) is 0 Å². The van der Waals surface area contributed by atoms with Crippen molar-refractivity contribution in [2.75, 3.05) is 0 Å². The van der Waals surface area contributed by atoms with Gasteiger partial charge in [-0.3, -0.25) is 0 Å². The van der Waals surface area contributed by atoms with Crippen LogP contribution in [0.4, 0.5) is 8.78 Å². The van der Waals surface area contributed by atoms with Gasteiger partial charge >= 0.3 is 0 Å². The average Bonchev–Trinajstić information content (AvgIpc) is 2.34. The second-order valence-corrected chi connectivity index (χ2v) is 4.32. The molecule has 100 valence electrons. The molecule has 0 aliphatic rings. The molecule has 0 unspecified atom stereocenters. The van der Waals surface area contributed by atoms with Crippen molar-refractivity contribution >= 4 is 0 Å². The summed E-state index contributed by atoms with van der Waals surface area (Å²) in [6.45, 7) is 3.04. The molecular weight excluding hydrogens is 250 g/mol. The third-order valence-corrected chi connectivity index (χ3v) is 2.81. The van der Waals surface area contributed by atoms with Gasteiger partial charge in [-0.2, -0.15) is 0 Å². The van der Waals surface area contributed by atoms with Crippen molar-refractivity contribution < 1.29 is 18.6 Å². The summed E-state index contributed by atoms with van der Waals surface area (Å²) in [6, 6.07) is 8.89. The first-order valence-electron chi connectivity index (χ1n) is 5.90. The lowest BCUT2D eigenvalue weighted by Crippen LogP contribution is -2.01. The Bertz CT molecular complexity index is 595. The van der Waals surface area contributed by atoms with Crippen molar-refractivity contribution in [2.45, 2.75) is 20.0 Å². The summed E-state index contributed by atoms with van der Waals surface area (Å²) in [5, 5.41) is 9.57. The van der Waals surface area contributed by atoms with E-state index in [1.54, 1.807) is 19.1 Å². The van der Waals surface area contributed by atoms with Crippen LogP contribution in [-0.2, 0) is 0 Å². The fraction of sp³-hybridized carbons (Fsp3) is 0.200. The Morgan fingerprint density at radius 2 is 1.68 bits per heavy atom. The number of hydrogen-bond donors (Lipinski definition) is 1. The highest BCUT2D eigenvalue weighted by Crippen LogP contribution is 2.33. The van der Waals surface area contributed by atoms with E-state index in [9.17, 15) is 13.9 Å². The average molecular weight is 264 g/mol. The highest BCUT2D eigenvalue weighted by atomic mass is 19.1. The summed E-state index contributed by atoms with van der Waals surface area (Å²) in [5.74, 6) is -0.962. The van der Waals surface area contributed by atoms with Gasteiger partial charge in [-0.1, -0.05) is 18.2 Å². The largest absolute Gasteiger partial charge is 0.454 e. The molecule has 2 aromatic rings. The van der Waals surface area contributed by atoms with E-state index in [-0.39, 0.29) is 17.1 Å². The van der Waals surface area contributed by atoms with Gasteiger partial charge in [-0.05, 0) is 37.6 Å². The molecule has 0 fully saturated rings. The van der Waals surface area contributed by atoms with E-state index in [0.29, 0.717) is 5.56 Å². The zero-order valence-corrected chi connectivity index (χ0v) is 10.7. The smallest absolute Gasteiger partial charge is 0.168 e. The molecule has 0 aliphatic carbocycles. The second kappa shape index (κ2) is 5.36. The third kappa shape index (κ3) is 2.74. The molecule has 0 aliphatic heterocycles. The number of aliphatic hydroxyl groups is 1. The molecule has 0 heterocycles. The molecule has 0 aromatic heterocycles. The molecule has 0 radical (unpaired) electrons. The van der Waals surface area contributed by atoms with E-state index in [2.05, 4.69) is 0 Å². The number of halogens is 2. The normalized spacial score (nSPS) is 12.3. The van der Waals surface area contributed by atoms with Crippen LogP contribution in [0.15, 0.2) is 36.4 Å². The van der Waals surface area contributed by atoms with Crippen LogP contribution in [-0.4, -0.2) is 5.11 Å². The van der Waals surface area contributed by atoms with Crippen LogP contribution in [0.5, 0.6) is 11.5 Å². The summed E-state index contributed by atoms with van der Waals surface area (Å²) in [6.07, 6.45) is -1.04. The number of ether oxygens (including phenoxy) is 1. The Kier molecular flexibility index (Phi) is 3.81. The molecule has 0 saturated heterocycles. The Morgan fingerprint density at radius 1 is 1.05 bits per heavy atom. The maximum atomic E-state index is 13.8. The van der Waals surface area contributed by atoms with Gasteiger partial charge in [-0.25, -0.2) is 8.78 Å². The molecule has 0 bridgehead atoms. The molecule has 19 heavy (non-hydrogen) atoms. The third-order valence-electron chi connectivity index (χ3n) is 2.81. The highest BCUT2D eigenvalue weighted by Gasteiger charge is 2.16. The van der Waals surface area contributed by atoms with Crippen molar-refractivity contribution in [2.24, 2.45) is 0 Å². The number of hydrogen-bond acceptors (Lipinski definition) is 2. The molecule has 4 heteroatoms. The minimum Gasteiger partial charge on any atom is -0.454 e. The van der Waals surface area contributed by atoms with Crippen LogP contribution in [0.25, 0.3) is 0 Å². The van der Waals surface area contributed by atoms with Gasteiger partial charge in [-0.15, -0.1) is 0 Å². The number of aryl methyl sites for hydroxylation is 1. The van der Waals surface area contributed by atoms with Crippen molar-refractivity contribution in [1.29, 1.82) is 0 Å². The van der Waals surface area contributed by atoms with Crippen LogP contribution in [0.2, 0.25) is 0 Å². The molecule has 2 nitrogen and oxygen atoms in total. The van der Waals surface area contributed by atoms with Crippen molar-refractivity contribution in [1.82, 2.24) is 0 Å². The van der Waals surface area contributed by atoms with Crippen LogP contribution < -0.4 is 4.74 Å². The Balaban J connectivity index is 2.44. The van der Waals surface area contributed by atoms with Crippen molar-refractivity contribution in [3.05, 3.63) is 59.2 Å². The van der Waals surface area contributed by atoms with E-state index in [0.717, 1.165) is 0 Å².